The van der Waals surface area contributed by atoms with Crippen molar-refractivity contribution < 1.29 is 9.47 Å². The second-order valence-corrected chi connectivity index (χ2v) is 4.23. The maximum absolute atomic E-state index is 5.34. The monoisotopic (exact) mass is 254 g/mol. The molecular formula is C15H14N2O2. The van der Waals surface area contributed by atoms with E-state index in [1.54, 1.807) is 12.4 Å². The number of aromatic nitrogens is 1. The molecule has 0 fully saturated rings. The van der Waals surface area contributed by atoms with E-state index in [9.17, 15) is 0 Å². The summed E-state index contributed by atoms with van der Waals surface area (Å²) in [6.07, 6.45) is 4.44. The van der Waals surface area contributed by atoms with Gasteiger partial charge >= 0.3 is 0 Å². The Kier molecular flexibility index (Phi) is 3.40. The summed E-state index contributed by atoms with van der Waals surface area (Å²) in [6.45, 7) is 1.05. The zero-order valence-corrected chi connectivity index (χ0v) is 10.5. The van der Waals surface area contributed by atoms with Gasteiger partial charge in [-0.2, -0.15) is 0 Å². The summed E-state index contributed by atoms with van der Waals surface area (Å²) in [6, 6.07) is 11.8. The van der Waals surface area contributed by atoms with Crippen LogP contribution in [-0.2, 0) is 6.42 Å². The van der Waals surface area contributed by atoms with Gasteiger partial charge in [0.1, 0.15) is 0 Å². The number of hydrogen-bond acceptors (Lipinski definition) is 4. The van der Waals surface area contributed by atoms with Gasteiger partial charge in [-0.1, -0.05) is 12.1 Å². The van der Waals surface area contributed by atoms with Gasteiger partial charge in [0.2, 0.25) is 6.79 Å². The molecule has 1 aromatic heterocycles. The highest BCUT2D eigenvalue weighted by Crippen LogP contribution is 2.32. The van der Waals surface area contributed by atoms with E-state index < -0.39 is 0 Å². The largest absolute Gasteiger partial charge is 0.454 e. The van der Waals surface area contributed by atoms with Crippen molar-refractivity contribution in [2.24, 2.45) is 4.99 Å². The molecule has 0 N–H and O–H groups in total. The van der Waals surface area contributed by atoms with Crippen molar-refractivity contribution in [2.45, 2.75) is 6.42 Å². The van der Waals surface area contributed by atoms with Crippen molar-refractivity contribution in [3.8, 4) is 11.5 Å². The van der Waals surface area contributed by atoms with Crippen LogP contribution in [0.3, 0.4) is 0 Å². The van der Waals surface area contributed by atoms with Gasteiger partial charge in [-0.25, -0.2) is 0 Å². The van der Waals surface area contributed by atoms with Gasteiger partial charge in [-0.15, -0.1) is 0 Å². The lowest BCUT2D eigenvalue weighted by atomic mass is 10.1. The molecule has 19 heavy (non-hydrogen) atoms. The minimum atomic E-state index is 0.316. The number of rotatable bonds is 4. The van der Waals surface area contributed by atoms with E-state index in [4.69, 9.17) is 9.47 Å². The third-order valence-electron chi connectivity index (χ3n) is 2.88. The number of aliphatic imine (C=N–C) groups is 1. The molecule has 0 saturated carbocycles. The Morgan fingerprint density at radius 3 is 3.00 bits per heavy atom. The van der Waals surface area contributed by atoms with Crippen molar-refractivity contribution in [2.75, 3.05) is 13.3 Å². The van der Waals surface area contributed by atoms with Crippen LogP contribution in [0.4, 0.5) is 0 Å². The standard InChI is InChI=1S/C15H14N2O2/c1-2-7-17-13(3-1)10-16-8-6-12-4-5-14-15(9-12)19-11-18-14/h1-5,7,9-10H,6,8,11H2. The molecule has 3 rings (SSSR count). The van der Waals surface area contributed by atoms with E-state index in [-0.39, 0.29) is 0 Å². The second-order valence-electron chi connectivity index (χ2n) is 4.23. The Bertz CT molecular complexity index is 582. The third kappa shape index (κ3) is 2.91. The highest BCUT2D eigenvalue weighted by molar-refractivity contribution is 5.76. The summed E-state index contributed by atoms with van der Waals surface area (Å²) < 4.78 is 10.6. The second kappa shape index (κ2) is 5.52. The Hall–Kier alpha value is -2.36. The molecule has 0 radical (unpaired) electrons. The normalized spacial score (nSPS) is 13.1. The topological polar surface area (TPSA) is 43.7 Å². The summed E-state index contributed by atoms with van der Waals surface area (Å²) >= 11 is 0. The lowest BCUT2D eigenvalue weighted by molar-refractivity contribution is 0.174. The van der Waals surface area contributed by atoms with Crippen LogP contribution in [0, 0.1) is 0 Å². The molecule has 0 aliphatic carbocycles. The molecule has 0 atom stereocenters. The van der Waals surface area contributed by atoms with Crippen molar-refractivity contribution in [1.82, 2.24) is 4.98 Å². The molecular weight excluding hydrogens is 240 g/mol. The zero-order chi connectivity index (χ0) is 12.9. The van der Waals surface area contributed by atoms with Crippen LogP contribution >= 0.6 is 0 Å². The van der Waals surface area contributed by atoms with E-state index in [1.807, 2.05) is 36.4 Å². The molecule has 4 nitrogen and oxygen atoms in total. The van der Waals surface area contributed by atoms with Crippen molar-refractivity contribution >= 4 is 6.21 Å². The van der Waals surface area contributed by atoms with Crippen LogP contribution in [-0.4, -0.2) is 24.5 Å². The predicted molar refractivity (Wildman–Crippen MR) is 73.0 cm³/mol. The van der Waals surface area contributed by atoms with Gasteiger partial charge in [0.15, 0.2) is 11.5 Å². The van der Waals surface area contributed by atoms with Gasteiger partial charge in [0, 0.05) is 19.0 Å². The smallest absolute Gasteiger partial charge is 0.231 e. The number of pyridine rings is 1. The molecule has 1 aliphatic heterocycles. The lowest BCUT2D eigenvalue weighted by Crippen LogP contribution is -1.93. The number of ether oxygens (including phenoxy) is 2. The lowest BCUT2D eigenvalue weighted by Gasteiger charge is -2.00. The van der Waals surface area contributed by atoms with Crippen LogP contribution < -0.4 is 9.47 Å². The van der Waals surface area contributed by atoms with Gasteiger partial charge < -0.3 is 9.47 Å². The molecule has 2 aromatic rings. The summed E-state index contributed by atoms with van der Waals surface area (Å²) in [5, 5.41) is 0. The van der Waals surface area contributed by atoms with Gasteiger partial charge in [0.05, 0.1) is 5.69 Å². The Morgan fingerprint density at radius 2 is 2.11 bits per heavy atom. The van der Waals surface area contributed by atoms with Crippen molar-refractivity contribution in [3.63, 3.8) is 0 Å². The fourth-order valence-corrected chi connectivity index (χ4v) is 1.90. The molecule has 4 heteroatoms. The van der Waals surface area contributed by atoms with E-state index in [0.29, 0.717) is 6.79 Å². The molecule has 0 amide bonds. The summed E-state index contributed by atoms with van der Waals surface area (Å²) in [7, 11) is 0. The molecule has 0 saturated heterocycles. The Morgan fingerprint density at radius 1 is 1.16 bits per heavy atom. The molecule has 96 valence electrons. The average Bonchev–Trinajstić information content (AvgIpc) is 2.92. The van der Waals surface area contributed by atoms with Crippen LogP contribution in [0.25, 0.3) is 0 Å². The molecule has 0 spiro atoms. The highest BCUT2D eigenvalue weighted by Gasteiger charge is 2.12. The minimum Gasteiger partial charge on any atom is -0.454 e. The van der Waals surface area contributed by atoms with E-state index in [0.717, 1.165) is 30.2 Å². The maximum atomic E-state index is 5.34. The molecule has 1 aliphatic rings. The fraction of sp³-hybridized carbons (Fsp3) is 0.200. The third-order valence-corrected chi connectivity index (χ3v) is 2.88. The summed E-state index contributed by atoms with van der Waals surface area (Å²) in [4.78, 5) is 8.56. The number of benzene rings is 1. The predicted octanol–water partition coefficient (Wildman–Crippen LogP) is 2.47. The first kappa shape index (κ1) is 11.7. The van der Waals surface area contributed by atoms with Crippen molar-refractivity contribution in [3.05, 3.63) is 53.9 Å². The van der Waals surface area contributed by atoms with Crippen LogP contribution in [0.15, 0.2) is 47.6 Å². The number of nitrogens with zero attached hydrogens (tertiary/aromatic N) is 2. The summed E-state index contributed by atoms with van der Waals surface area (Å²) in [5.74, 6) is 1.65. The van der Waals surface area contributed by atoms with Gasteiger partial charge in [-0.3, -0.25) is 9.98 Å². The van der Waals surface area contributed by atoms with Gasteiger partial charge in [0.25, 0.3) is 0 Å². The van der Waals surface area contributed by atoms with Gasteiger partial charge in [-0.05, 0) is 36.2 Å². The molecule has 1 aromatic carbocycles. The van der Waals surface area contributed by atoms with E-state index >= 15 is 0 Å². The fourth-order valence-electron chi connectivity index (χ4n) is 1.90. The first-order valence-corrected chi connectivity index (χ1v) is 6.21. The zero-order valence-electron chi connectivity index (χ0n) is 10.5. The Labute approximate surface area is 111 Å². The quantitative estimate of drug-likeness (QED) is 0.787. The minimum absolute atomic E-state index is 0.316. The number of fused-ring (bicyclic) bond motifs is 1. The van der Waals surface area contributed by atoms with Crippen molar-refractivity contribution in [1.29, 1.82) is 0 Å². The molecule has 2 heterocycles. The SMILES string of the molecule is C(=NCCc1ccc2c(c1)OCO2)c1ccccn1. The summed E-state index contributed by atoms with van der Waals surface area (Å²) in [5.41, 5.74) is 2.08. The van der Waals surface area contributed by atoms with Crippen LogP contribution in [0.5, 0.6) is 11.5 Å². The van der Waals surface area contributed by atoms with E-state index in [2.05, 4.69) is 9.98 Å². The maximum Gasteiger partial charge on any atom is 0.231 e. The first-order valence-electron chi connectivity index (χ1n) is 6.21. The highest BCUT2D eigenvalue weighted by atomic mass is 16.7. The molecule has 0 bridgehead atoms. The van der Waals surface area contributed by atoms with E-state index in [1.165, 1.54) is 5.56 Å². The Balaban J connectivity index is 1.57. The average molecular weight is 254 g/mol. The molecule has 0 unspecified atom stereocenters. The van der Waals surface area contributed by atoms with Crippen LogP contribution in [0.2, 0.25) is 0 Å². The van der Waals surface area contributed by atoms with Crippen LogP contribution in [0.1, 0.15) is 11.3 Å². The first-order chi connectivity index (χ1) is 9.42. The number of hydrogen-bond donors (Lipinski definition) is 0.